The molecule has 1 aromatic rings. The lowest BCUT2D eigenvalue weighted by molar-refractivity contribution is -0.137. The summed E-state index contributed by atoms with van der Waals surface area (Å²) in [4.78, 5) is 12.2. The molecule has 196 valence electrons. The Kier molecular flexibility index (Phi) is 14.6. The number of halogens is 1. The monoisotopic (exact) mass is 514 g/mol. The molecule has 0 spiro atoms. The molecule has 0 saturated heterocycles. The predicted molar refractivity (Wildman–Crippen MR) is 147 cm³/mol. The highest BCUT2D eigenvalue weighted by atomic mass is 35.5. The van der Waals surface area contributed by atoms with Gasteiger partial charge >= 0.3 is 5.97 Å². The molecule has 1 aliphatic rings. The van der Waals surface area contributed by atoms with E-state index < -0.39 is 6.23 Å². The fraction of sp³-hybridized carbons (Fsp3) is 0.414. The van der Waals surface area contributed by atoms with E-state index in [1.807, 2.05) is 31.4 Å². The van der Waals surface area contributed by atoms with E-state index in [0.29, 0.717) is 29.5 Å². The molecule has 0 heterocycles. The number of ether oxygens (including phenoxy) is 2. The van der Waals surface area contributed by atoms with Crippen molar-refractivity contribution in [3.05, 3.63) is 84.7 Å². The van der Waals surface area contributed by atoms with Crippen LogP contribution >= 0.6 is 11.6 Å². The number of carbonyl (C=O) groups is 1. The van der Waals surface area contributed by atoms with Crippen LogP contribution in [-0.4, -0.2) is 37.4 Å². The van der Waals surface area contributed by atoms with Crippen molar-refractivity contribution < 1.29 is 19.4 Å². The number of unbranched alkanes of at least 4 members (excludes halogenated alkanes) is 4. The summed E-state index contributed by atoms with van der Waals surface area (Å²) in [5.74, 6) is 0.572. The lowest BCUT2D eigenvalue weighted by Gasteiger charge is -2.20. The average molecular weight is 515 g/mol. The normalized spacial score (nSPS) is 17.2. The average Bonchev–Trinajstić information content (AvgIpc) is 2.88. The number of nitrogens with one attached hydrogen (secondary N) is 2. The quantitative estimate of drug-likeness (QED) is 0.0625. The topological polar surface area (TPSA) is 79.8 Å². The highest BCUT2D eigenvalue weighted by Gasteiger charge is 2.19. The van der Waals surface area contributed by atoms with E-state index >= 15 is 0 Å². The number of benzene rings is 1. The third-order valence-corrected chi connectivity index (χ3v) is 5.97. The number of allylic oxidation sites excluding steroid dienone is 6. The van der Waals surface area contributed by atoms with E-state index in [4.69, 9.17) is 21.1 Å². The summed E-state index contributed by atoms with van der Waals surface area (Å²) in [7, 11) is 1.88. The largest absolute Gasteiger partial charge is 0.465 e. The first kappa shape index (κ1) is 29.6. The maximum Gasteiger partial charge on any atom is 0.318 e. The summed E-state index contributed by atoms with van der Waals surface area (Å²) in [6, 6.07) is 6.99. The van der Waals surface area contributed by atoms with E-state index in [2.05, 4.69) is 17.2 Å². The third-order valence-electron chi connectivity index (χ3n) is 5.69. The van der Waals surface area contributed by atoms with Gasteiger partial charge < -0.3 is 19.9 Å². The van der Waals surface area contributed by atoms with Gasteiger partial charge in [0.15, 0.2) is 0 Å². The molecule has 3 N–H and O–H groups in total. The molecule has 1 aromatic carbocycles. The molecule has 0 radical (unpaired) electrons. The zero-order chi connectivity index (χ0) is 26.0. The fourth-order valence-corrected chi connectivity index (χ4v) is 3.79. The Hall–Kier alpha value is -2.64. The number of rotatable bonds is 17. The first-order valence-electron chi connectivity index (χ1n) is 12.6. The highest BCUT2D eigenvalue weighted by molar-refractivity contribution is 6.31. The molecule has 36 heavy (non-hydrogen) atoms. The molecule has 3 unspecified atom stereocenters. The van der Waals surface area contributed by atoms with E-state index in [-0.39, 0.29) is 17.8 Å². The van der Waals surface area contributed by atoms with Gasteiger partial charge in [-0.1, -0.05) is 61.4 Å². The zero-order valence-electron chi connectivity index (χ0n) is 21.1. The molecular weight excluding hydrogens is 476 g/mol. The smallest absolute Gasteiger partial charge is 0.318 e. The zero-order valence-corrected chi connectivity index (χ0v) is 21.8. The van der Waals surface area contributed by atoms with Crippen LogP contribution in [0, 0.1) is 11.8 Å². The van der Waals surface area contributed by atoms with Crippen LogP contribution in [0.3, 0.4) is 0 Å². The fourth-order valence-electron chi connectivity index (χ4n) is 3.63. The van der Waals surface area contributed by atoms with Crippen LogP contribution in [-0.2, 0) is 4.79 Å². The van der Waals surface area contributed by atoms with Crippen LogP contribution in [0.4, 0.5) is 0 Å². The van der Waals surface area contributed by atoms with Gasteiger partial charge in [0.25, 0.3) is 0 Å². The minimum atomic E-state index is -0.569. The van der Waals surface area contributed by atoms with Crippen molar-refractivity contribution in [1.82, 2.24) is 10.6 Å². The van der Waals surface area contributed by atoms with Gasteiger partial charge in [-0.05, 0) is 75.7 Å². The maximum atomic E-state index is 12.2. The van der Waals surface area contributed by atoms with Crippen LogP contribution in [0.25, 0.3) is 0 Å². The lowest BCUT2D eigenvalue weighted by Crippen LogP contribution is -2.39. The van der Waals surface area contributed by atoms with E-state index in [1.54, 1.807) is 48.8 Å². The van der Waals surface area contributed by atoms with Crippen molar-refractivity contribution in [3.8, 4) is 11.5 Å². The van der Waals surface area contributed by atoms with Gasteiger partial charge in [-0.15, -0.1) is 0 Å². The van der Waals surface area contributed by atoms with Gasteiger partial charge in [0.1, 0.15) is 17.7 Å². The molecule has 0 bridgehead atoms. The second kappa shape index (κ2) is 17.7. The van der Waals surface area contributed by atoms with Gasteiger partial charge in [-0.25, -0.2) is 0 Å². The van der Waals surface area contributed by atoms with Gasteiger partial charge in [0.2, 0.25) is 0 Å². The van der Waals surface area contributed by atoms with Crippen LogP contribution < -0.4 is 20.1 Å². The molecule has 0 aromatic heterocycles. The Labute approximate surface area is 220 Å². The number of esters is 1. The predicted octanol–water partition coefficient (Wildman–Crippen LogP) is 5.62. The van der Waals surface area contributed by atoms with Crippen molar-refractivity contribution in [3.63, 3.8) is 0 Å². The molecule has 3 atom stereocenters. The number of aliphatic hydroxyl groups excluding tert-OH is 1. The van der Waals surface area contributed by atoms with E-state index in [9.17, 15) is 9.90 Å². The van der Waals surface area contributed by atoms with Crippen molar-refractivity contribution in [1.29, 1.82) is 0 Å². The summed E-state index contributed by atoms with van der Waals surface area (Å²) in [5.41, 5.74) is 0. The van der Waals surface area contributed by atoms with E-state index in [1.165, 1.54) is 0 Å². The molecule has 0 amide bonds. The molecule has 2 rings (SSSR count). The Balaban J connectivity index is 1.54. The van der Waals surface area contributed by atoms with E-state index in [0.717, 1.165) is 38.6 Å². The lowest BCUT2D eigenvalue weighted by atomic mass is 10.0. The summed E-state index contributed by atoms with van der Waals surface area (Å²) >= 11 is 5.88. The first-order chi connectivity index (χ1) is 17.5. The van der Waals surface area contributed by atoms with Gasteiger partial charge in [0.05, 0.1) is 12.2 Å². The van der Waals surface area contributed by atoms with Crippen LogP contribution in [0.1, 0.15) is 38.5 Å². The first-order valence-corrected chi connectivity index (χ1v) is 12.9. The standard InChI is InChI=1S/C29H39ClN2O4/c1-3-4-11-24(22-31-2)28(33)32-20-9-7-5-6-8-10-21-35-26-16-18-27(19-17-26)36-29(34)23-12-14-25(30)15-13-23/h3-4,10-12,14-19,21,23-24,28,31-33H,1,5-9,13,20,22H2,2H3/b11-4-,21-10+. The molecule has 0 aliphatic heterocycles. The Bertz CT molecular complexity index is 908. The maximum absolute atomic E-state index is 12.2. The second-order valence-corrected chi connectivity index (χ2v) is 9.05. The molecule has 7 heteroatoms. The molecular formula is C29H39ClN2O4. The van der Waals surface area contributed by atoms with Gasteiger partial charge in [0, 0.05) is 17.5 Å². The number of hydrogen-bond donors (Lipinski definition) is 3. The molecule has 0 fully saturated rings. The number of aliphatic hydroxyl groups is 1. The second-order valence-electron chi connectivity index (χ2n) is 8.62. The SMILES string of the molecule is C=C/C=C\C(CNC)C(O)NCCCCCC/C=C/Oc1ccc(OC(=O)C2C=CC(Cl)=CC2)cc1. The Morgan fingerprint density at radius 3 is 2.67 bits per heavy atom. The number of carbonyl (C=O) groups excluding carboxylic acids is 1. The van der Waals surface area contributed by atoms with Crippen LogP contribution in [0.5, 0.6) is 11.5 Å². The minimum Gasteiger partial charge on any atom is -0.465 e. The summed E-state index contributed by atoms with van der Waals surface area (Å²) < 4.78 is 11.1. The summed E-state index contributed by atoms with van der Waals surface area (Å²) in [6.45, 7) is 5.17. The number of hydrogen-bond acceptors (Lipinski definition) is 6. The van der Waals surface area contributed by atoms with Crippen LogP contribution in [0.15, 0.2) is 84.7 Å². The van der Waals surface area contributed by atoms with Crippen molar-refractivity contribution in [2.75, 3.05) is 20.1 Å². The molecule has 1 aliphatic carbocycles. The highest BCUT2D eigenvalue weighted by Crippen LogP contribution is 2.23. The van der Waals surface area contributed by atoms with Gasteiger partial charge in [-0.2, -0.15) is 0 Å². The van der Waals surface area contributed by atoms with Crippen molar-refractivity contribution >= 4 is 17.6 Å². The summed E-state index contributed by atoms with van der Waals surface area (Å²) in [6.07, 6.45) is 19.8. The van der Waals surface area contributed by atoms with Crippen molar-refractivity contribution in [2.45, 2.75) is 44.8 Å². The van der Waals surface area contributed by atoms with Crippen LogP contribution in [0.2, 0.25) is 0 Å². The summed E-state index contributed by atoms with van der Waals surface area (Å²) in [5, 5.41) is 17.2. The minimum absolute atomic E-state index is 0.0149. The Morgan fingerprint density at radius 1 is 1.22 bits per heavy atom. The van der Waals surface area contributed by atoms with Crippen molar-refractivity contribution in [2.24, 2.45) is 11.8 Å². The molecule has 6 nitrogen and oxygen atoms in total. The Morgan fingerprint density at radius 2 is 1.97 bits per heavy atom. The third kappa shape index (κ3) is 11.9. The van der Waals surface area contributed by atoms with Gasteiger partial charge in [-0.3, -0.25) is 10.1 Å². The molecule has 0 saturated carbocycles.